The van der Waals surface area contributed by atoms with Crippen LogP contribution in [0.25, 0.3) is 0 Å². The zero-order valence-electron chi connectivity index (χ0n) is 7.67. The van der Waals surface area contributed by atoms with Gasteiger partial charge in [-0.25, -0.2) is 4.79 Å². The van der Waals surface area contributed by atoms with Crippen molar-refractivity contribution in [3.8, 4) is 0 Å². The predicted molar refractivity (Wildman–Crippen MR) is 63.2 cm³/mol. The van der Waals surface area contributed by atoms with E-state index in [-0.39, 0.29) is 10.8 Å². The van der Waals surface area contributed by atoms with Crippen molar-refractivity contribution in [1.82, 2.24) is 0 Å². The summed E-state index contributed by atoms with van der Waals surface area (Å²) >= 11 is 6.87. The summed E-state index contributed by atoms with van der Waals surface area (Å²) in [7, 11) is 1.38. The lowest BCUT2D eigenvalue weighted by molar-refractivity contribution is 0.0600. The maximum absolute atomic E-state index is 11.1. The van der Waals surface area contributed by atoms with Gasteiger partial charge >= 0.3 is 5.97 Å². The molecule has 1 rings (SSSR count). The van der Waals surface area contributed by atoms with Crippen LogP contribution in [0, 0.1) is 0 Å². The van der Waals surface area contributed by atoms with E-state index in [9.17, 15) is 4.79 Å². The molecule has 14 heavy (non-hydrogen) atoms. The fourth-order valence-electron chi connectivity index (χ4n) is 1.03. The Morgan fingerprint density at radius 3 is 2.43 bits per heavy atom. The number of ether oxygens (including phenoxy) is 1. The van der Waals surface area contributed by atoms with Crippen molar-refractivity contribution in [2.75, 3.05) is 12.4 Å². The van der Waals surface area contributed by atoms with Crippen LogP contribution in [0.3, 0.4) is 0 Å². The summed E-state index contributed by atoms with van der Waals surface area (Å²) in [4.78, 5) is 11.4. The van der Waals surface area contributed by atoms with Crippen molar-refractivity contribution in [3.63, 3.8) is 0 Å². The maximum Gasteiger partial charge on any atom is 0.337 e. The number of hydrogen-bond donors (Lipinski definition) is 0. The molecule has 0 N–H and O–H groups in total. The van der Waals surface area contributed by atoms with Crippen LogP contribution in [-0.2, 0) is 4.74 Å². The fraction of sp³-hybridized carbons (Fsp3) is 0.300. The van der Waals surface area contributed by atoms with E-state index in [1.807, 2.05) is 12.1 Å². The Kier molecular flexibility index (Phi) is 4.62. The topological polar surface area (TPSA) is 26.3 Å². The smallest absolute Gasteiger partial charge is 0.337 e. The summed E-state index contributed by atoms with van der Waals surface area (Å²) in [5.74, 6) is -0.304. The molecule has 0 heterocycles. The van der Waals surface area contributed by atoms with E-state index in [0.717, 1.165) is 10.9 Å². The Hall–Kier alpha value is -0.350. The molecule has 0 aromatic heterocycles. The van der Waals surface area contributed by atoms with Crippen LogP contribution < -0.4 is 0 Å². The van der Waals surface area contributed by atoms with Gasteiger partial charge in [0.25, 0.3) is 0 Å². The zero-order valence-corrected chi connectivity index (χ0v) is 10.8. The van der Waals surface area contributed by atoms with E-state index < -0.39 is 0 Å². The fourth-order valence-corrected chi connectivity index (χ4v) is 1.71. The van der Waals surface area contributed by atoms with Crippen molar-refractivity contribution in [3.05, 3.63) is 35.4 Å². The van der Waals surface area contributed by atoms with Crippen LogP contribution in [0.1, 0.15) is 20.7 Å². The highest BCUT2D eigenvalue weighted by molar-refractivity contribution is 9.12. The molecule has 1 aromatic carbocycles. The number of hydrogen-bond acceptors (Lipinski definition) is 2. The van der Waals surface area contributed by atoms with Crippen molar-refractivity contribution in [2.24, 2.45) is 0 Å². The third kappa shape index (κ3) is 2.82. The minimum atomic E-state index is -0.304. The van der Waals surface area contributed by atoms with Crippen molar-refractivity contribution >= 4 is 37.8 Å². The van der Waals surface area contributed by atoms with Gasteiger partial charge in [-0.3, -0.25) is 0 Å². The third-order valence-corrected chi connectivity index (χ3v) is 4.20. The SMILES string of the molecule is COC(=O)c1ccc([C@H](Br)CBr)cc1. The minimum absolute atomic E-state index is 0.272. The number of carbonyl (C=O) groups is 1. The largest absolute Gasteiger partial charge is 0.465 e. The molecule has 0 bridgehead atoms. The highest BCUT2D eigenvalue weighted by atomic mass is 79.9. The van der Waals surface area contributed by atoms with Crippen LogP contribution in [-0.4, -0.2) is 18.4 Å². The van der Waals surface area contributed by atoms with E-state index in [1.54, 1.807) is 12.1 Å². The molecule has 0 amide bonds. The molecular formula is C10H10Br2O2. The van der Waals surface area contributed by atoms with Gasteiger partial charge in [-0.1, -0.05) is 44.0 Å². The average Bonchev–Trinajstić information content (AvgIpc) is 2.27. The van der Waals surface area contributed by atoms with E-state index in [2.05, 4.69) is 36.6 Å². The van der Waals surface area contributed by atoms with Gasteiger partial charge in [0.15, 0.2) is 0 Å². The summed E-state index contributed by atoms with van der Waals surface area (Å²) in [6.45, 7) is 0. The lowest BCUT2D eigenvalue weighted by Crippen LogP contribution is -2.01. The van der Waals surface area contributed by atoms with E-state index in [0.29, 0.717) is 5.56 Å². The second kappa shape index (κ2) is 5.51. The van der Waals surface area contributed by atoms with Crippen molar-refractivity contribution < 1.29 is 9.53 Å². The van der Waals surface area contributed by atoms with Crippen LogP contribution in [0.5, 0.6) is 0 Å². The van der Waals surface area contributed by atoms with Crippen LogP contribution in [0.15, 0.2) is 24.3 Å². The standard InChI is InChI=1S/C10H10Br2O2/c1-14-10(13)8-4-2-7(3-5-8)9(12)6-11/h2-5,9H,6H2,1H3/t9-/m1/s1. The van der Waals surface area contributed by atoms with E-state index in [1.165, 1.54) is 7.11 Å². The Balaban J connectivity index is 2.83. The summed E-state index contributed by atoms with van der Waals surface area (Å²) in [5.41, 5.74) is 1.71. The van der Waals surface area contributed by atoms with Gasteiger partial charge in [0.05, 0.1) is 12.7 Å². The van der Waals surface area contributed by atoms with Gasteiger partial charge in [-0.2, -0.15) is 0 Å². The normalized spacial score (nSPS) is 12.2. The zero-order chi connectivity index (χ0) is 10.6. The first-order chi connectivity index (χ1) is 6.69. The molecule has 0 radical (unpaired) electrons. The number of alkyl halides is 2. The number of methoxy groups -OCH3 is 1. The molecule has 4 heteroatoms. The molecule has 0 aliphatic rings. The molecular weight excluding hydrogens is 312 g/mol. The molecule has 0 aliphatic heterocycles. The maximum atomic E-state index is 11.1. The Morgan fingerprint density at radius 2 is 2.00 bits per heavy atom. The van der Waals surface area contributed by atoms with Gasteiger partial charge in [-0.15, -0.1) is 0 Å². The molecule has 2 nitrogen and oxygen atoms in total. The number of benzene rings is 1. The first kappa shape index (κ1) is 11.7. The summed E-state index contributed by atoms with van der Waals surface area (Å²) in [5, 5.41) is 0.838. The Labute approximate surface area is 99.9 Å². The number of rotatable bonds is 3. The van der Waals surface area contributed by atoms with Crippen molar-refractivity contribution in [1.29, 1.82) is 0 Å². The molecule has 0 aliphatic carbocycles. The van der Waals surface area contributed by atoms with E-state index >= 15 is 0 Å². The predicted octanol–water partition coefficient (Wildman–Crippen LogP) is 3.30. The highest BCUT2D eigenvalue weighted by Gasteiger charge is 2.08. The van der Waals surface area contributed by atoms with Gasteiger partial charge in [0.1, 0.15) is 0 Å². The number of esters is 1. The van der Waals surface area contributed by atoms with E-state index in [4.69, 9.17) is 0 Å². The number of halogens is 2. The lowest BCUT2D eigenvalue weighted by atomic mass is 10.1. The average molecular weight is 322 g/mol. The van der Waals surface area contributed by atoms with Gasteiger partial charge in [0.2, 0.25) is 0 Å². The lowest BCUT2D eigenvalue weighted by Gasteiger charge is -2.06. The molecule has 1 aromatic rings. The molecule has 0 unspecified atom stereocenters. The Morgan fingerprint density at radius 1 is 1.43 bits per heavy atom. The molecule has 0 saturated heterocycles. The summed E-state index contributed by atoms with van der Waals surface area (Å²) in [6, 6.07) is 7.34. The quantitative estimate of drug-likeness (QED) is 0.630. The van der Waals surface area contributed by atoms with Crippen LogP contribution in [0.4, 0.5) is 0 Å². The summed E-state index contributed by atoms with van der Waals surface area (Å²) < 4.78 is 4.60. The molecule has 1 atom stereocenters. The third-order valence-electron chi connectivity index (χ3n) is 1.83. The molecule has 0 spiro atoms. The highest BCUT2D eigenvalue weighted by Crippen LogP contribution is 2.24. The van der Waals surface area contributed by atoms with Gasteiger partial charge in [-0.05, 0) is 17.7 Å². The first-order valence-electron chi connectivity index (χ1n) is 4.07. The second-order valence-electron chi connectivity index (χ2n) is 2.74. The van der Waals surface area contributed by atoms with Crippen molar-refractivity contribution in [2.45, 2.75) is 4.83 Å². The first-order valence-corrected chi connectivity index (χ1v) is 6.11. The van der Waals surface area contributed by atoms with Gasteiger partial charge in [0, 0.05) is 10.2 Å². The second-order valence-corrected chi connectivity index (χ2v) is 4.49. The van der Waals surface area contributed by atoms with Crippen LogP contribution in [0.2, 0.25) is 0 Å². The Bertz CT molecular complexity index is 308. The van der Waals surface area contributed by atoms with Gasteiger partial charge < -0.3 is 4.74 Å². The minimum Gasteiger partial charge on any atom is -0.465 e. The summed E-state index contributed by atoms with van der Waals surface area (Å²) in [6.07, 6.45) is 0. The van der Waals surface area contributed by atoms with Crippen LogP contribution >= 0.6 is 31.9 Å². The molecule has 76 valence electrons. The monoisotopic (exact) mass is 320 g/mol. The molecule has 0 fully saturated rings. The number of carbonyl (C=O) groups excluding carboxylic acids is 1. The molecule has 0 saturated carbocycles.